The van der Waals surface area contributed by atoms with Gasteiger partial charge in [-0.15, -0.1) is 0 Å². The number of hydrogen-bond acceptors (Lipinski definition) is 2. The Hall–Kier alpha value is -1.09. The van der Waals surface area contributed by atoms with Crippen molar-refractivity contribution in [2.24, 2.45) is 0 Å². The molecule has 100 valence electrons. The monoisotopic (exact) mass is 250 g/mol. The number of nitrogens with zero attached hydrogens (tertiary/aromatic N) is 1. The Morgan fingerprint density at radius 1 is 1.39 bits per heavy atom. The average Bonchev–Trinajstić information content (AvgIpc) is 2.37. The third-order valence-electron chi connectivity index (χ3n) is 3.72. The molecular formula is C15H23FN2. The fourth-order valence-corrected chi connectivity index (χ4v) is 2.69. The van der Waals surface area contributed by atoms with Gasteiger partial charge in [0.2, 0.25) is 0 Å². The summed E-state index contributed by atoms with van der Waals surface area (Å²) >= 11 is 0. The van der Waals surface area contributed by atoms with Crippen molar-refractivity contribution in [3.05, 3.63) is 29.6 Å². The Kier molecular flexibility index (Phi) is 4.59. The van der Waals surface area contributed by atoms with Crippen LogP contribution in [0.4, 0.5) is 10.1 Å². The van der Waals surface area contributed by atoms with Gasteiger partial charge in [-0.1, -0.05) is 6.92 Å². The quantitative estimate of drug-likeness (QED) is 0.882. The molecule has 0 amide bonds. The van der Waals surface area contributed by atoms with Crippen LogP contribution < -0.4 is 10.2 Å². The van der Waals surface area contributed by atoms with Gasteiger partial charge in [-0.2, -0.15) is 0 Å². The number of benzene rings is 1. The van der Waals surface area contributed by atoms with Gasteiger partial charge in [0.25, 0.3) is 0 Å². The Balaban J connectivity index is 2.24. The Bertz CT molecular complexity index is 392. The van der Waals surface area contributed by atoms with Crippen molar-refractivity contribution in [3.63, 3.8) is 0 Å². The normalized spacial score (nSPS) is 20.2. The van der Waals surface area contributed by atoms with E-state index < -0.39 is 0 Å². The molecule has 1 aromatic rings. The summed E-state index contributed by atoms with van der Waals surface area (Å²) in [6.45, 7) is 7.08. The summed E-state index contributed by atoms with van der Waals surface area (Å²) in [5, 5.41) is 3.29. The molecule has 1 atom stereocenters. The lowest BCUT2D eigenvalue weighted by Crippen LogP contribution is -2.38. The van der Waals surface area contributed by atoms with Gasteiger partial charge in [0.15, 0.2) is 0 Å². The second-order valence-corrected chi connectivity index (χ2v) is 5.09. The maximum Gasteiger partial charge on any atom is 0.123 e. The Morgan fingerprint density at radius 2 is 2.22 bits per heavy atom. The van der Waals surface area contributed by atoms with Crippen LogP contribution in [0.15, 0.2) is 18.2 Å². The van der Waals surface area contributed by atoms with E-state index >= 15 is 0 Å². The van der Waals surface area contributed by atoms with Crippen LogP contribution in [0.5, 0.6) is 0 Å². The lowest BCUT2D eigenvalue weighted by atomic mass is 10.0. The molecule has 1 saturated heterocycles. The average molecular weight is 250 g/mol. The summed E-state index contributed by atoms with van der Waals surface area (Å²) in [5.41, 5.74) is 2.27. The number of nitrogens with one attached hydrogen (secondary N) is 1. The first-order valence-corrected chi connectivity index (χ1v) is 6.98. The van der Waals surface area contributed by atoms with E-state index in [2.05, 4.69) is 24.1 Å². The molecule has 1 N–H and O–H groups in total. The van der Waals surface area contributed by atoms with Crippen LogP contribution >= 0.6 is 0 Å². The van der Waals surface area contributed by atoms with Gasteiger partial charge >= 0.3 is 0 Å². The third kappa shape index (κ3) is 3.02. The number of hydrogen-bond donors (Lipinski definition) is 1. The highest BCUT2D eigenvalue weighted by atomic mass is 19.1. The second-order valence-electron chi connectivity index (χ2n) is 5.09. The highest BCUT2D eigenvalue weighted by Gasteiger charge is 2.20. The molecule has 1 unspecified atom stereocenters. The summed E-state index contributed by atoms with van der Waals surface area (Å²) in [4.78, 5) is 2.43. The summed E-state index contributed by atoms with van der Waals surface area (Å²) in [7, 11) is 0. The van der Waals surface area contributed by atoms with Gasteiger partial charge in [0.1, 0.15) is 5.82 Å². The minimum Gasteiger partial charge on any atom is -0.369 e. The molecule has 1 aliphatic rings. The zero-order valence-corrected chi connectivity index (χ0v) is 11.4. The fraction of sp³-hybridized carbons (Fsp3) is 0.600. The highest BCUT2D eigenvalue weighted by Crippen LogP contribution is 2.28. The van der Waals surface area contributed by atoms with Crippen LogP contribution in [-0.4, -0.2) is 19.1 Å². The molecule has 0 spiro atoms. The molecule has 1 aliphatic heterocycles. The topological polar surface area (TPSA) is 15.3 Å². The molecule has 0 aliphatic carbocycles. The van der Waals surface area contributed by atoms with Crippen LogP contribution in [0.2, 0.25) is 0 Å². The minimum atomic E-state index is -0.142. The molecule has 1 aromatic carbocycles. The fourth-order valence-electron chi connectivity index (χ4n) is 2.69. The first-order chi connectivity index (χ1) is 8.72. The summed E-state index contributed by atoms with van der Waals surface area (Å²) in [6, 6.07) is 5.74. The Labute approximate surface area is 109 Å². The molecule has 0 radical (unpaired) electrons. The van der Waals surface area contributed by atoms with Crippen LogP contribution in [0.1, 0.15) is 38.7 Å². The summed E-state index contributed by atoms with van der Waals surface area (Å²) < 4.78 is 13.4. The van der Waals surface area contributed by atoms with Crippen molar-refractivity contribution in [1.29, 1.82) is 0 Å². The van der Waals surface area contributed by atoms with Crippen LogP contribution in [-0.2, 0) is 6.54 Å². The van der Waals surface area contributed by atoms with E-state index in [4.69, 9.17) is 0 Å². The molecule has 18 heavy (non-hydrogen) atoms. The molecule has 0 aromatic heterocycles. The van der Waals surface area contributed by atoms with E-state index in [1.807, 2.05) is 6.07 Å². The molecule has 2 nitrogen and oxygen atoms in total. The van der Waals surface area contributed by atoms with Crippen molar-refractivity contribution in [3.8, 4) is 0 Å². The number of halogens is 1. The smallest absolute Gasteiger partial charge is 0.123 e. The van der Waals surface area contributed by atoms with Crippen molar-refractivity contribution in [2.75, 3.05) is 18.0 Å². The summed E-state index contributed by atoms with van der Waals surface area (Å²) in [5.74, 6) is -0.142. The standard InChI is InChI=1S/C15H23FN2/c1-3-17-11-13-10-14(16)7-8-15(13)18-9-5-4-6-12(18)2/h7-8,10,12,17H,3-6,9,11H2,1-2H3. The first kappa shape index (κ1) is 13.3. The number of anilines is 1. The summed E-state index contributed by atoms with van der Waals surface area (Å²) in [6.07, 6.45) is 3.78. The third-order valence-corrected chi connectivity index (χ3v) is 3.72. The van der Waals surface area contributed by atoms with E-state index in [-0.39, 0.29) is 5.82 Å². The van der Waals surface area contributed by atoms with Crippen molar-refractivity contribution in [2.45, 2.75) is 45.7 Å². The minimum absolute atomic E-state index is 0.142. The highest BCUT2D eigenvalue weighted by molar-refractivity contribution is 5.55. The van der Waals surface area contributed by atoms with E-state index in [0.29, 0.717) is 6.04 Å². The van der Waals surface area contributed by atoms with Crippen LogP contribution in [0.3, 0.4) is 0 Å². The maximum absolute atomic E-state index is 13.4. The molecule has 3 heteroatoms. The molecule has 0 bridgehead atoms. The van der Waals surface area contributed by atoms with E-state index in [9.17, 15) is 4.39 Å². The van der Waals surface area contributed by atoms with Gasteiger partial charge in [-0.25, -0.2) is 4.39 Å². The lowest BCUT2D eigenvalue weighted by molar-refractivity contribution is 0.482. The van der Waals surface area contributed by atoms with Gasteiger partial charge in [-0.3, -0.25) is 0 Å². The second kappa shape index (κ2) is 6.19. The predicted molar refractivity (Wildman–Crippen MR) is 74.4 cm³/mol. The molecule has 1 heterocycles. The van der Waals surface area contributed by atoms with Crippen LogP contribution in [0.25, 0.3) is 0 Å². The maximum atomic E-state index is 13.4. The van der Waals surface area contributed by atoms with Gasteiger partial charge in [0.05, 0.1) is 0 Å². The van der Waals surface area contributed by atoms with E-state index in [1.54, 1.807) is 12.1 Å². The molecule has 0 saturated carbocycles. The lowest BCUT2D eigenvalue weighted by Gasteiger charge is -2.36. The van der Waals surface area contributed by atoms with Crippen molar-refractivity contribution >= 4 is 5.69 Å². The van der Waals surface area contributed by atoms with Crippen molar-refractivity contribution < 1.29 is 4.39 Å². The van der Waals surface area contributed by atoms with Crippen LogP contribution in [0, 0.1) is 5.82 Å². The van der Waals surface area contributed by atoms with Crippen molar-refractivity contribution in [1.82, 2.24) is 5.32 Å². The first-order valence-electron chi connectivity index (χ1n) is 6.98. The molecular weight excluding hydrogens is 227 g/mol. The van der Waals surface area contributed by atoms with E-state index in [1.165, 1.54) is 24.9 Å². The zero-order valence-electron chi connectivity index (χ0n) is 11.4. The molecule has 2 rings (SSSR count). The number of piperidine rings is 1. The zero-order chi connectivity index (χ0) is 13.0. The van der Waals surface area contributed by atoms with E-state index in [0.717, 1.165) is 25.2 Å². The SMILES string of the molecule is CCNCc1cc(F)ccc1N1CCCCC1C. The number of rotatable bonds is 4. The van der Waals surface area contributed by atoms with Gasteiger partial charge in [-0.05, 0) is 56.5 Å². The molecule has 1 fully saturated rings. The largest absolute Gasteiger partial charge is 0.369 e. The predicted octanol–water partition coefficient (Wildman–Crippen LogP) is 3.31. The Morgan fingerprint density at radius 3 is 2.94 bits per heavy atom. The van der Waals surface area contributed by atoms with Gasteiger partial charge < -0.3 is 10.2 Å². The van der Waals surface area contributed by atoms with Gasteiger partial charge in [0, 0.05) is 24.8 Å².